The maximum absolute atomic E-state index is 12.2. The van der Waals surface area contributed by atoms with Gasteiger partial charge >= 0.3 is 0 Å². The summed E-state index contributed by atoms with van der Waals surface area (Å²) >= 11 is 0. The quantitative estimate of drug-likeness (QED) is 0.879. The van der Waals surface area contributed by atoms with Gasteiger partial charge in [0.25, 0.3) is 0 Å². The van der Waals surface area contributed by atoms with Crippen LogP contribution in [0.1, 0.15) is 49.8 Å². The number of carbonyl (C=O) groups excluding carboxylic acids is 1. The molecule has 1 aliphatic heterocycles. The number of carbonyl (C=O) groups is 1. The predicted molar refractivity (Wildman–Crippen MR) is 99.0 cm³/mol. The highest BCUT2D eigenvalue weighted by molar-refractivity contribution is 5.79. The maximum Gasteiger partial charge on any atom is 0.243 e. The highest BCUT2D eigenvalue weighted by atomic mass is 16.2. The largest absolute Gasteiger partial charge is 0.350 e. The van der Waals surface area contributed by atoms with Gasteiger partial charge in [-0.05, 0) is 44.0 Å². The first-order valence-corrected chi connectivity index (χ1v) is 9.28. The van der Waals surface area contributed by atoms with Gasteiger partial charge in [0.05, 0.1) is 6.33 Å². The Labute approximate surface area is 150 Å². The van der Waals surface area contributed by atoms with E-state index in [0.29, 0.717) is 6.54 Å². The van der Waals surface area contributed by atoms with E-state index in [-0.39, 0.29) is 11.9 Å². The van der Waals surface area contributed by atoms with Gasteiger partial charge in [-0.2, -0.15) is 0 Å². The lowest BCUT2D eigenvalue weighted by molar-refractivity contribution is -0.124. The summed E-state index contributed by atoms with van der Waals surface area (Å²) in [6.45, 7) is 5.89. The molecule has 0 saturated carbocycles. The molecule has 1 aromatic heterocycles. The fourth-order valence-corrected chi connectivity index (χ4v) is 3.29. The standard InChI is InChI=1S/C20H28N4O/c1-17(24-13-10-21-16-24)20(25)22-14-18-6-8-19(9-7-18)15-23-11-4-2-3-5-12-23/h6-10,13,16-17H,2-5,11-12,14-15H2,1H3,(H,22,25). The van der Waals surface area contributed by atoms with Crippen LogP contribution in [0.25, 0.3) is 0 Å². The summed E-state index contributed by atoms with van der Waals surface area (Å²) in [6, 6.07) is 8.37. The Balaban J connectivity index is 1.48. The van der Waals surface area contributed by atoms with Crippen molar-refractivity contribution in [3.63, 3.8) is 0 Å². The lowest BCUT2D eigenvalue weighted by atomic mass is 10.1. The van der Waals surface area contributed by atoms with Crippen LogP contribution in [0.4, 0.5) is 0 Å². The first-order valence-electron chi connectivity index (χ1n) is 9.28. The normalized spacial score (nSPS) is 17.0. The third-order valence-electron chi connectivity index (χ3n) is 4.95. The summed E-state index contributed by atoms with van der Waals surface area (Å²) in [5, 5.41) is 3.00. The van der Waals surface area contributed by atoms with E-state index < -0.39 is 0 Å². The number of aromatic nitrogens is 2. The third kappa shape index (κ3) is 5.16. The number of hydrogen-bond acceptors (Lipinski definition) is 3. The van der Waals surface area contributed by atoms with E-state index in [4.69, 9.17) is 0 Å². The van der Waals surface area contributed by atoms with Crippen LogP contribution in [0.3, 0.4) is 0 Å². The predicted octanol–water partition coefficient (Wildman–Crippen LogP) is 3.14. The first-order chi connectivity index (χ1) is 12.2. The number of likely N-dealkylation sites (tertiary alicyclic amines) is 1. The Bertz CT molecular complexity index is 643. The summed E-state index contributed by atoms with van der Waals surface area (Å²) in [5.74, 6) is 0.00615. The van der Waals surface area contributed by atoms with Crippen molar-refractivity contribution in [2.24, 2.45) is 0 Å². The number of amides is 1. The highest BCUT2D eigenvalue weighted by Crippen LogP contribution is 2.14. The van der Waals surface area contributed by atoms with Gasteiger partial charge in [0.15, 0.2) is 0 Å². The molecule has 2 aromatic rings. The van der Waals surface area contributed by atoms with E-state index in [1.165, 1.54) is 44.3 Å². The molecule has 2 heterocycles. The van der Waals surface area contributed by atoms with Gasteiger partial charge in [0.2, 0.25) is 5.91 Å². The van der Waals surface area contributed by atoms with E-state index in [2.05, 4.69) is 39.5 Å². The molecule has 0 radical (unpaired) electrons. The second-order valence-corrected chi connectivity index (χ2v) is 6.91. The van der Waals surface area contributed by atoms with E-state index in [1.807, 2.05) is 13.1 Å². The molecule has 1 atom stereocenters. The van der Waals surface area contributed by atoms with Gasteiger partial charge in [-0.15, -0.1) is 0 Å². The van der Waals surface area contributed by atoms with E-state index >= 15 is 0 Å². The fraction of sp³-hybridized carbons (Fsp3) is 0.500. The molecule has 25 heavy (non-hydrogen) atoms. The average Bonchev–Trinajstić information content (AvgIpc) is 3.06. The van der Waals surface area contributed by atoms with Crippen LogP contribution in [0, 0.1) is 0 Å². The molecule has 0 bridgehead atoms. The zero-order valence-electron chi connectivity index (χ0n) is 15.0. The summed E-state index contributed by atoms with van der Waals surface area (Å²) in [6.07, 6.45) is 10.5. The third-order valence-corrected chi connectivity index (χ3v) is 4.95. The Morgan fingerprint density at radius 3 is 2.44 bits per heavy atom. The number of benzene rings is 1. The number of nitrogens with one attached hydrogen (secondary N) is 1. The van der Waals surface area contributed by atoms with Crippen LogP contribution in [0.15, 0.2) is 43.0 Å². The van der Waals surface area contributed by atoms with Crippen molar-refractivity contribution in [2.75, 3.05) is 13.1 Å². The van der Waals surface area contributed by atoms with E-state index in [1.54, 1.807) is 17.1 Å². The second-order valence-electron chi connectivity index (χ2n) is 6.91. The molecule has 0 aliphatic carbocycles. The van der Waals surface area contributed by atoms with Gasteiger partial charge in [-0.1, -0.05) is 37.1 Å². The van der Waals surface area contributed by atoms with Crippen LogP contribution in [-0.2, 0) is 17.9 Å². The summed E-state index contributed by atoms with van der Waals surface area (Å²) in [4.78, 5) is 18.7. The minimum atomic E-state index is -0.246. The topological polar surface area (TPSA) is 50.2 Å². The Kier molecular flexibility index (Phi) is 6.23. The smallest absolute Gasteiger partial charge is 0.243 e. The molecule has 1 amide bonds. The number of nitrogens with zero attached hydrogens (tertiary/aromatic N) is 3. The molecule has 1 N–H and O–H groups in total. The maximum atomic E-state index is 12.2. The van der Waals surface area contributed by atoms with Crippen LogP contribution < -0.4 is 5.32 Å². The molecule has 1 aromatic carbocycles. The van der Waals surface area contributed by atoms with Crippen molar-refractivity contribution < 1.29 is 4.79 Å². The lowest BCUT2D eigenvalue weighted by Gasteiger charge is -2.20. The molecule has 3 rings (SSSR count). The van der Waals surface area contributed by atoms with Crippen molar-refractivity contribution in [3.8, 4) is 0 Å². The second kappa shape index (κ2) is 8.81. The monoisotopic (exact) mass is 340 g/mol. The summed E-state index contributed by atoms with van der Waals surface area (Å²) in [5.41, 5.74) is 2.48. The molecule has 1 aliphatic rings. The molecule has 5 nitrogen and oxygen atoms in total. The van der Waals surface area contributed by atoms with Crippen LogP contribution >= 0.6 is 0 Å². The Morgan fingerprint density at radius 1 is 1.12 bits per heavy atom. The van der Waals surface area contributed by atoms with Crippen molar-refractivity contribution >= 4 is 5.91 Å². The van der Waals surface area contributed by atoms with Gasteiger partial charge in [-0.25, -0.2) is 4.98 Å². The Hall–Kier alpha value is -2.14. The SMILES string of the molecule is CC(C(=O)NCc1ccc(CN2CCCCCC2)cc1)n1ccnc1. The molecule has 1 unspecified atom stereocenters. The minimum Gasteiger partial charge on any atom is -0.350 e. The Morgan fingerprint density at radius 2 is 1.80 bits per heavy atom. The number of hydrogen-bond donors (Lipinski definition) is 1. The summed E-state index contributed by atoms with van der Waals surface area (Å²) < 4.78 is 1.81. The van der Waals surface area contributed by atoms with Gasteiger partial charge < -0.3 is 9.88 Å². The molecule has 0 spiro atoms. The van der Waals surface area contributed by atoms with Gasteiger partial charge in [0.1, 0.15) is 6.04 Å². The van der Waals surface area contributed by atoms with E-state index in [9.17, 15) is 4.79 Å². The van der Waals surface area contributed by atoms with Crippen LogP contribution in [-0.4, -0.2) is 33.4 Å². The zero-order chi connectivity index (χ0) is 17.5. The minimum absolute atomic E-state index is 0.00615. The molecule has 5 heteroatoms. The van der Waals surface area contributed by atoms with Crippen LogP contribution in [0.5, 0.6) is 0 Å². The zero-order valence-corrected chi connectivity index (χ0v) is 15.0. The average molecular weight is 340 g/mol. The molecule has 1 saturated heterocycles. The first kappa shape index (κ1) is 17.7. The van der Waals surface area contributed by atoms with Crippen molar-refractivity contribution in [1.29, 1.82) is 0 Å². The molecule has 134 valence electrons. The van der Waals surface area contributed by atoms with Crippen molar-refractivity contribution in [3.05, 3.63) is 54.1 Å². The summed E-state index contributed by atoms with van der Waals surface area (Å²) in [7, 11) is 0. The fourth-order valence-electron chi connectivity index (χ4n) is 3.29. The van der Waals surface area contributed by atoms with Gasteiger partial charge in [0, 0.05) is 25.5 Å². The molecule has 1 fully saturated rings. The van der Waals surface area contributed by atoms with Gasteiger partial charge in [-0.3, -0.25) is 9.69 Å². The number of imidazole rings is 1. The van der Waals surface area contributed by atoms with Crippen molar-refractivity contribution in [1.82, 2.24) is 19.8 Å². The molecular formula is C20H28N4O. The lowest BCUT2D eigenvalue weighted by Crippen LogP contribution is -2.30. The van der Waals surface area contributed by atoms with Crippen LogP contribution in [0.2, 0.25) is 0 Å². The van der Waals surface area contributed by atoms with Crippen molar-refractivity contribution in [2.45, 2.75) is 51.7 Å². The van der Waals surface area contributed by atoms with E-state index in [0.717, 1.165) is 12.1 Å². The number of rotatable bonds is 6. The highest BCUT2D eigenvalue weighted by Gasteiger charge is 2.13. The molecular weight excluding hydrogens is 312 g/mol.